The van der Waals surface area contributed by atoms with Crippen molar-refractivity contribution in [1.82, 2.24) is 9.78 Å². The summed E-state index contributed by atoms with van der Waals surface area (Å²) in [6, 6.07) is 4.66. The van der Waals surface area contributed by atoms with E-state index in [1.54, 1.807) is 10.7 Å². The molecule has 1 heterocycles. The van der Waals surface area contributed by atoms with Gasteiger partial charge in [-0.15, -0.1) is 0 Å². The van der Waals surface area contributed by atoms with Crippen LogP contribution in [0.2, 0.25) is 0 Å². The number of hydrogen-bond donors (Lipinski definition) is 1. The summed E-state index contributed by atoms with van der Waals surface area (Å²) < 4.78 is 15.0. The van der Waals surface area contributed by atoms with Crippen molar-refractivity contribution in [3.8, 4) is 0 Å². The summed E-state index contributed by atoms with van der Waals surface area (Å²) in [4.78, 5) is 0. The van der Waals surface area contributed by atoms with Crippen molar-refractivity contribution in [2.24, 2.45) is 7.05 Å². The Kier molecular flexibility index (Phi) is 4.00. The molecule has 1 N–H and O–H groups in total. The van der Waals surface area contributed by atoms with Crippen LogP contribution >= 0.6 is 0 Å². The Morgan fingerprint density at radius 3 is 2.84 bits per heavy atom. The monoisotopic (exact) mass is 262 g/mol. The molecule has 3 nitrogen and oxygen atoms in total. The molecule has 102 valence electrons. The zero-order chi connectivity index (χ0) is 14.0. The Morgan fingerprint density at radius 2 is 2.16 bits per heavy atom. The molecule has 0 spiro atoms. The lowest BCUT2D eigenvalue weighted by molar-refractivity contribution is 0.177. The third-order valence-corrected chi connectivity index (χ3v) is 3.36. The van der Waals surface area contributed by atoms with Crippen molar-refractivity contribution in [3.05, 3.63) is 52.6 Å². The number of aromatic nitrogens is 2. The molecule has 1 atom stereocenters. The van der Waals surface area contributed by atoms with Crippen molar-refractivity contribution in [1.29, 1.82) is 0 Å². The van der Waals surface area contributed by atoms with Crippen molar-refractivity contribution in [2.45, 2.75) is 32.8 Å². The molecule has 4 heteroatoms. The second kappa shape index (κ2) is 5.53. The van der Waals surface area contributed by atoms with Gasteiger partial charge in [0.15, 0.2) is 0 Å². The number of aryl methyl sites for hydroxylation is 3. The van der Waals surface area contributed by atoms with Gasteiger partial charge in [0.1, 0.15) is 5.82 Å². The minimum absolute atomic E-state index is 0.269. The van der Waals surface area contributed by atoms with Gasteiger partial charge in [-0.05, 0) is 36.6 Å². The molecule has 0 fully saturated rings. The topological polar surface area (TPSA) is 38.0 Å². The molecule has 0 aliphatic heterocycles. The lowest BCUT2D eigenvalue weighted by atomic mass is 9.98. The Hall–Kier alpha value is -1.68. The second-order valence-corrected chi connectivity index (χ2v) is 4.85. The molecule has 0 saturated heterocycles. The van der Waals surface area contributed by atoms with E-state index in [1.165, 1.54) is 12.1 Å². The van der Waals surface area contributed by atoms with Crippen molar-refractivity contribution in [2.75, 3.05) is 0 Å². The van der Waals surface area contributed by atoms with E-state index in [9.17, 15) is 9.50 Å². The molecule has 1 unspecified atom stereocenters. The van der Waals surface area contributed by atoms with E-state index < -0.39 is 6.10 Å². The Labute approximate surface area is 112 Å². The zero-order valence-corrected chi connectivity index (χ0v) is 11.5. The van der Waals surface area contributed by atoms with Crippen LogP contribution in [0.25, 0.3) is 0 Å². The van der Waals surface area contributed by atoms with Gasteiger partial charge in [-0.3, -0.25) is 4.68 Å². The SMILES string of the molecule is CCc1nn(C)cc1C(O)Cc1cc(F)ccc1C. The summed E-state index contributed by atoms with van der Waals surface area (Å²) in [5, 5.41) is 14.7. The van der Waals surface area contributed by atoms with Gasteiger partial charge in [-0.2, -0.15) is 5.10 Å². The standard InChI is InChI=1S/C15H19FN2O/c1-4-14-13(9-18(3)17-14)15(19)8-11-7-12(16)6-5-10(11)2/h5-7,9,15,19H,4,8H2,1-3H3. The highest BCUT2D eigenvalue weighted by molar-refractivity contribution is 5.29. The molecule has 2 aromatic rings. The number of halogens is 1. The first-order chi connectivity index (χ1) is 9.01. The smallest absolute Gasteiger partial charge is 0.123 e. The van der Waals surface area contributed by atoms with Gasteiger partial charge < -0.3 is 5.11 Å². The number of benzene rings is 1. The summed E-state index contributed by atoms with van der Waals surface area (Å²) in [7, 11) is 1.84. The van der Waals surface area contributed by atoms with E-state index in [1.807, 2.05) is 27.1 Å². The number of nitrogens with zero attached hydrogens (tertiary/aromatic N) is 2. The fourth-order valence-electron chi connectivity index (χ4n) is 2.28. The van der Waals surface area contributed by atoms with E-state index in [2.05, 4.69) is 5.10 Å². The van der Waals surface area contributed by atoms with Crippen molar-refractivity contribution >= 4 is 0 Å². The molecule has 0 saturated carbocycles. The molecule has 0 amide bonds. The van der Waals surface area contributed by atoms with E-state index in [0.717, 1.165) is 28.8 Å². The number of rotatable bonds is 4. The van der Waals surface area contributed by atoms with Crippen LogP contribution in [0.15, 0.2) is 24.4 Å². The van der Waals surface area contributed by atoms with Crippen molar-refractivity contribution < 1.29 is 9.50 Å². The average molecular weight is 262 g/mol. The maximum atomic E-state index is 13.3. The fraction of sp³-hybridized carbons (Fsp3) is 0.400. The zero-order valence-electron chi connectivity index (χ0n) is 11.5. The van der Waals surface area contributed by atoms with Crippen LogP contribution in [-0.4, -0.2) is 14.9 Å². The maximum Gasteiger partial charge on any atom is 0.123 e. The first kappa shape index (κ1) is 13.7. The molecular weight excluding hydrogens is 243 g/mol. The van der Waals surface area contributed by atoms with Gasteiger partial charge in [0.05, 0.1) is 11.8 Å². The summed E-state index contributed by atoms with van der Waals surface area (Å²) in [6.45, 7) is 3.93. The van der Waals surface area contributed by atoms with Crippen LogP contribution in [0.4, 0.5) is 4.39 Å². The minimum Gasteiger partial charge on any atom is -0.388 e. The number of aliphatic hydroxyl groups excluding tert-OH is 1. The van der Waals surface area contributed by atoms with Gasteiger partial charge in [-0.1, -0.05) is 13.0 Å². The van der Waals surface area contributed by atoms with Crippen LogP contribution < -0.4 is 0 Å². The maximum absolute atomic E-state index is 13.3. The third-order valence-electron chi connectivity index (χ3n) is 3.36. The normalized spacial score (nSPS) is 12.7. The van der Waals surface area contributed by atoms with Crippen LogP contribution in [0.3, 0.4) is 0 Å². The quantitative estimate of drug-likeness (QED) is 0.920. The average Bonchev–Trinajstić information content (AvgIpc) is 2.75. The fourth-order valence-corrected chi connectivity index (χ4v) is 2.28. The summed E-state index contributed by atoms with van der Waals surface area (Å²) in [5.41, 5.74) is 3.54. The lowest BCUT2D eigenvalue weighted by Gasteiger charge is -2.12. The molecule has 0 radical (unpaired) electrons. The van der Waals surface area contributed by atoms with Crippen molar-refractivity contribution in [3.63, 3.8) is 0 Å². The summed E-state index contributed by atoms with van der Waals surface area (Å²) >= 11 is 0. The highest BCUT2D eigenvalue weighted by atomic mass is 19.1. The molecule has 2 rings (SSSR count). The van der Waals surface area contributed by atoms with E-state index in [0.29, 0.717) is 6.42 Å². The molecule has 0 aliphatic rings. The summed E-state index contributed by atoms with van der Waals surface area (Å²) in [5.74, 6) is -0.269. The largest absolute Gasteiger partial charge is 0.388 e. The van der Waals surface area contributed by atoms with Crippen LogP contribution in [0.1, 0.15) is 35.4 Å². The molecule has 1 aromatic carbocycles. The predicted octanol–water partition coefficient (Wildman–Crippen LogP) is 2.71. The predicted molar refractivity (Wildman–Crippen MR) is 72.4 cm³/mol. The Balaban J connectivity index is 2.25. The third kappa shape index (κ3) is 3.01. The van der Waals surface area contributed by atoms with E-state index in [-0.39, 0.29) is 5.82 Å². The van der Waals surface area contributed by atoms with Crippen LogP contribution in [0, 0.1) is 12.7 Å². The first-order valence-electron chi connectivity index (χ1n) is 6.46. The van der Waals surface area contributed by atoms with Gasteiger partial charge in [0.2, 0.25) is 0 Å². The van der Waals surface area contributed by atoms with Crippen LogP contribution in [-0.2, 0) is 19.9 Å². The summed E-state index contributed by atoms with van der Waals surface area (Å²) in [6.07, 6.45) is 2.36. The number of hydrogen-bond acceptors (Lipinski definition) is 2. The molecule has 0 aliphatic carbocycles. The molecule has 0 bridgehead atoms. The highest BCUT2D eigenvalue weighted by Crippen LogP contribution is 2.23. The van der Waals surface area contributed by atoms with Crippen LogP contribution in [0.5, 0.6) is 0 Å². The molecule has 1 aromatic heterocycles. The minimum atomic E-state index is -0.649. The van der Waals surface area contributed by atoms with E-state index in [4.69, 9.17) is 0 Å². The second-order valence-electron chi connectivity index (χ2n) is 4.85. The lowest BCUT2D eigenvalue weighted by Crippen LogP contribution is -2.05. The van der Waals surface area contributed by atoms with Gasteiger partial charge in [0, 0.05) is 25.2 Å². The Bertz CT molecular complexity index is 578. The highest BCUT2D eigenvalue weighted by Gasteiger charge is 2.16. The number of aliphatic hydroxyl groups is 1. The molecule has 19 heavy (non-hydrogen) atoms. The van der Waals surface area contributed by atoms with E-state index >= 15 is 0 Å². The van der Waals surface area contributed by atoms with Gasteiger partial charge in [-0.25, -0.2) is 4.39 Å². The Morgan fingerprint density at radius 1 is 1.42 bits per heavy atom. The molecular formula is C15H19FN2O. The van der Waals surface area contributed by atoms with Gasteiger partial charge in [0.25, 0.3) is 0 Å². The first-order valence-corrected chi connectivity index (χ1v) is 6.46. The van der Waals surface area contributed by atoms with Gasteiger partial charge >= 0.3 is 0 Å².